The van der Waals surface area contributed by atoms with Crippen molar-refractivity contribution in [2.75, 3.05) is 25.1 Å². The molecule has 0 spiro atoms. The summed E-state index contributed by atoms with van der Waals surface area (Å²) in [6.07, 6.45) is 0. The molecule has 0 aliphatic heterocycles. The first-order valence-corrected chi connectivity index (χ1v) is 8.12. The van der Waals surface area contributed by atoms with E-state index in [4.69, 9.17) is 9.47 Å². The van der Waals surface area contributed by atoms with Crippen molar-refractivity contribution in [2.45, 2.75) is 10.7 Å². The topological polar surface area (TPSA) is 47.6 Å². The van der Waals surface area contributed by atoms with Crippen molar-refractivity contribution in [1.82, 2.24) is 0 Å². The van der Waals surface area contributed by atoms with E-state index in [1.807, 2.05) is 30.3 Å². The molecule has 128 valence electrons. The molecule has 0 aromatic heterocycles. The molecule has 0 heterocycles. The number of nitrogens with one attached hydrogen (secondary N) is 1. The van der Waals surface area contributed by atoms with Gasteiger partial charge in [0.05, 0.1) is 6.61 Å². The van der Waals surface area contributed by atoms with Gasteiger partial charge in [0, 0.05) is 10.6 Å². The minimum Gasteiger partial charge on any atom is -0.491 e. The number of anilines is 1. The highest BCUT2D eigenvalue weighted by Crippen LogP contribution is 2.26. The summed E-state index contributed by atoms with van der Waals surface area (Å²) in [6, 6.07) is 15.5. The van der Waals surface area contributed by atoms with Crippen molar-refractivity contribution in [3.8, 4) is 5.75 Å². The van der Waals surface area contributed by atoms with E-state index in [2.05, 4.69) is 5.32 Å². The van der Waals surface area contributed by atoms with Crippen molar-refractivity contribution in [1.29, 1.82) is 0 Å². The summed E-state index contributed by atoms with van der Waals surface area (Å²) < 4.78 is 35.1. The fraction of sp³-hybridized carbons (Fsp3) is 0.235. The van der Waals surface area contributed by atoms with Crippen LogP contribution in [0.3, 0.4) is 0 Å². The van der Waals surface area contributed by atoms with Crippen LogP contribution < -0.4 is 10.1 Å². The molecule has 7 heteroatoms. The second-order valence-electron chi connectivity index (χ2n) is 4.67. The van der Waals surface area contributed by atoms with Crippen molar-refractivity contribution in [2.24, 2.45) is 0 Å². The van der Waals surface area contributed by atoms with Gasteiger partial charge in [-0.2, -0.15) is 8.78 Å². The van der Waals surface area contributed by atoms with Crippen molar-refractivity contribution in [3.63, 3.8) is 0 Å². The highest BCUT2D eigenvalue weighted by atomic mass is 32.2. The molecule has 2 rings (SSSR count). The Morgan fingerprint density at radius 3 is 2.42 bits per heavy atom. The van der Waals surface area contributed by atoms with Gasteiger partial charge in [0.2, 0.25) is 5.91 Å². The lowest BCUT2D eigenvalue weighted by atomic mass is 10.3. The van der Waals surface area contributed by atoms with Crippen LogP contribution in [0.5, 0.6) is 5.75 Å². The molecule has 0 fully saturated rings. The van der Waals surface area contributed by atoms with Crippen LogP contribution >= 0.6 is 11.8 Å². The molecule has 0 saturated carbocycles. The Bertz CT molecular complexity index is 623. The molecule has 0 atom stereocenters. The van der Waals surface area contributed by atoms with E-state index in [0.717, 1.165) is 5.75 Å². The Morgan fingerprint density at radius 1 is 1.04 bits per heavy atom. The zero-order chi connectivity index (χ0) is 17.2. The first-order chi connectivity index (χ1) is 11.6. The number of thioether (sulfide) groups is 1. The minimum atomic E-state index is -2.46. The number of benzene rings is 2. The lowest BCUT2D eigenvalue weighted by Gasteiger charge is -2.08. The Balaban J connectivity index is 1.62. The zero-order valence-electron chi connectivity index (χ0n) is 12.8. The van der Waals surface area contributed by atoms with Gasteiger partial charge in [0.1, 0.15) is 19.0 Å². The van der Waals surface area contributed by atoms with Crippen LogP contribution in [-0.4, -0.2) is 31.5 Å². The quantitative estimate of drug-likeness (QED) is 0.546. The smallest absolute Gasteiger partial charge is 0.288 e. The maximum atomic E-state index is 12.2. The van der Waals surface area contributed by atoms with Crippen LogP contribution in [-0.2, 0) is 9.53 Å². The lowest BCUT2D eigenvalue weighted by Crippen LogP contribution is -2.20. The molecule has 0 saturated heterocycles. The summed E-state index contributed by atoms with van der Waals surface area (Å²) >= 11 is 0.459. The lowest BCUT2D eigenvalue weighted by molar-refractivity contribution is -0.120. The van der Waals surface area contributed by atoms with E-state index in [1.54, 1.807) is 12.1 Å². The largest absolute Gasteiger partial charge is 0.491 e. The van der Waals surface area contributed by atoms with Gasteiger partial charge >= 0.3 is 0 Å². The van der Waals surface area contributed by atoms with Crippen LogP contribution in [0.2, 0.25) is 0 Å². The number of alkyl halides is 2. The first-order valence-electron chi connectivity index (χ1n) is 7.24. The third kappa shape index (κ3) is 6.97. The molecule has 0 bridgehead atoms. The second-order valence-corrected chi connectivity index (χ2v) is 5.73. The number of para-hydroxylation sites is 1. The van der Waals surface area contributed by atoms with Gasteiger partial charge in [0.25, 0.3) is 5.76 Å². The SMILES string of the molecule is O=C(COCCOc1ccccc1)Nc1ccc(SC(F)F)cc1. The molecule has 1 N–H and O–H groups in total. The van der Waals surface area contributed by atoms with Crippen molar-refractivity contribution in [3.05, 3.63) is 54.6 Å². The van der Waals surface area contributed by atoms with Crippen molar-refractivity contribution < 1.29 is 23.0 Å². The Labute approximate surface area is 143 Å². The van der Waals surface area contributed by atoms with Gasteiger partial charge in [0.15, 0.2) is 0 Å². The van der Waals surface area contributed by atoms with Crippen LogP contribution in [0.1, 0.15) is 0 Å². The highest BCUT2D eigenvalue weighted by Gasteiger charge is 2.06. The molecule has 0 radical (unpaired) electrons. The summed E-state index contributed by atoms with van der Waals surface area (Å²) in [4.78, 5) is 12.1. The maximum Gasteiger partial charge on any atom is 0.288 e. The van der Waals surface area contributed by atoms with E-state index < -0.39 is 5.76 Å². The standard InChI is InChI=1S/C17H17F2NO3S/c18-17(19)24-15-8-6-13(7-9-15)20-16(21)12-22-10-11-23-14-4-2-1-3-5-14/h1-9,17H,10-12H2,(H,20,21). The molecule has 4 nitrogen and oxygen atoms in total. The van der Waals surface area contributed by atoms with E-state index >= 15 is 0 Å². The average molecular weight is 353 g/mol. The van der Waals surface area contributed by atoms with Gasteiger partial charge < -0.3 is 14.8 Å². The maximum absolute atomic E-state index is 12.2. The molecule has 0 aliphatic rings. The second kappa shape index (κ2) is 9.89. The average Bonchev–Trinajstić information content (AvgIpc) is 2.57. The van der Waals surface area contributed by atoms with Crippen LogP contribution in [0.25, 0.3) is 0 Å². The van der Waals surface area contributed by atoms with E-state index in [0.29, 0.717) is 29.0 Å². The zero-order valence-corrected chi connectivity index (χ0v) is 13.6. The third-order valence-corrected chi connectivity index (χ3v) is 3.56. The summed E-state index contributed by atoms with van der Waals surface area (Å²) in [5.41, 5.74) is 0.530. The number of hydrogen-bond acceptors (Lipinski definition) is 4. The molecule has 24 heavy (non-hydrogen) atoms. The third-order valence-electron chi connectivity index (χ3n) is 2.84. The number of carbonyl (C=O) groups excluding carboxylic acids is 1. The van der Waals surface area contributed by atoms with Gasteiger partial charge in [-0.15, -0.1) is 0 Å². The number of ether oxygens (including phenoxy) is 2. The van der Waals surface area contributed by atoms with Gasteiger partial charge in [-0.1, -0.05) is 30.0 Å². The Morgan fingerprint density at radius 2 is 1.75 bits per heavy atom. The summed E-state index contributed by atoms with van der Waals surface area (Å²) in [6.45, 7) is 0.523. The van der Waals surface area contributed by atoms with E-state index in [9.17, 15) is 13.6 Å². The van der Waals surface area contributed by atoms with Crippen LogP contribution in [0.4, 0.5) is 14.5 Å². The minimum absolute atomic E-state index is 0.105. The van der Waals surface area contributed by atoms with Crippen LogP contribution in [0, 0.1) is 0 Å². The predicted octanol–water partition coefficient (Wildman–Crippen LogP) is 4.04. The van der Waals surface area contributed by atoms with Gasteiger partial charge in [-0.25, -0.2) is 0 Å². The number of rotatable bonds is 9. The van der Waals surface area contributed by atoms with Gasteiger partial charge in [-0.3, -0.25) is 4.79 Å². The molecular weight excluding hydrogens is 336 g/mol. The molecule has 0 aliphatic carbocycles. The number of carbonyl (C=O) groups is 1. The molecule has 2 aromatic rings. The Kier molecular flexibility index (Phi) is 7.51. The van der Waals surface area contributed by atoms with E-state index in [1.165, 1.54) is 12.1 Å². The van der Waals surface area contributed by atoms with E-state index in [-0.39, 0.29) is 19.1 Å². The van der Waals surface area contributed by atoms with Crippen molar-refractivity contribution >= 4 is 23.4 Å². The first kappa shape index (κ1) is 18.2. The fourth-order valence-corrected chi connectivity index (χ4v) is 2.32. The molecule has 2 aromatic carbocycles. The normalized spacial score (nSPS) is 10.6. The molecule has 0 unspecified atom stereocenters. The van der Waals surface area contributed by atoms with Gasteiger partial charge in [-0.05, 0) is 36.4 Å². The number of halogens is 2. The fourth-order valence-electron chi connectivity index (χ4n) is 1.82. The number of amides is 1. The summed E-state index contributed by atoms with van der Waals surface area (Å²) in [5, 5.41) is 2.63. The number of hydrogen-bond donors (Lipinski definition) is 1. The highest BCUT2D eigenvalue weighted by molar-refractivity contribution is 7.99. The van der Waals surface area contributed by atoms with Crippen LogP contribution in [0.15, 0.2) is 59.5 Å². The molecule has 1 amide bonds. The summed E-state index contributed by atoms with van der Waals surface area (Å²) in [7, 11) is 0. The summed E-state index contributed by atoms with van der Waals surface area (Å²) in [5.74, 6) is -2.03. The predicted molar refractivity (Wildman–Crippen MR) is 89.7 cm³/mol. The Hall–Kier alpha value is -2.12. The molecular formula is C17H17F2NO3S. The monoisotopic (exact) mass is 353 g/mol.